The maximum atomic E-state index is 11.4. The van der Waals surface area contributed by atoms with Crippen LogP contribution < -0.4 is 0 Å². The molecule has 1 N–H and O–H groups in total. The predicted molar refractivity (Wildman–Crippen MR) is 49.1 cm³/mol. The Kier molecular flexibility index (Phi) is 2.28. The van der Waals surface area contributed by atoms with Crippen LogP contribution in [0.3, 0.4) is 0 Å². The number of β-amino-alcohol motifs (C(OH)–C–C–N with tert-alkyl or cyclic N) is 1. The summed E-state index contributed by atoms with van der Waals surface area (Å²) >= 11 is 0. The monoisotopic (exact) mass is 183 g/mol. The van der Waals surface area contributed by atoms with Gasteiger partial charge in [0.1, 0.15) is 0 Å². The van der Waals surface area contributed by atoms with Gasteiger partial charge in [-0.1, -0.05) is 13.3 Å². The SMILES string of the molecule is CCCC1CC1N1CC(O)CC1=O. The summed E-state index contributed by atoms with van der Waals surface area (Å²) < 4.78 is 0. The Morgan fingerprint density at radius 2 is 2.38 bits per heavy atom. The Hall–Kier alpha value is -0.570. The van der Waals surface area contributed by atoms with Crippen LogP contribution in [-0.2, 0) is 4.79 Å². The molecule has 1 amide bonds. The van der Waals surface area contributed by atoms with E-state index in [1.54, 1.807) is 0 Å². The van der Waals surface area contributed by atoms with Gasteiger partial charge in [0, 0.05) is 12.6 Å². The van der Waals surface area contributed by atoms with Crippen molar-refractivity contribution in [2.24, 2.45) is 5.92 Å². The van der Waals surface area contributed by atoms with Gasteiger partial charge in [-0.15, -0.1) is 0 Å². The van der Waals surface area contributed by atoms with Gasteiger partial charge in [-0.25, -0.2) is 0 Å². The third-order valence-corrected chi connectivity index (χ3v) is 3.08. The molecule has 74 valence electrons. The molecule has 13 heavy (non-hydrogen) atoms. The van der Waals surface area contributed by atoms with Gasteiger partial charge in [-0.3, -0.25) is 4.79 Å². The number of rotatable bonds is 3. The first-order valence-corrected chi connectivity index (χ1v) is 5.20. The quantitative estimate of drug-likeness (QED) is 0.702. The Balaban J connectivity index is 1.86. The summed E-state index contributed by atoms with van der Waals surface area (Å²) in [6, 6.07) is 0.463. The van der Waals surface area contributed by atoms with Gasteiger partial charge in [0.15, 0.2) is 0 Å². The summed E-state index contributed by atoms with van der Waals surface area (Å²) in [5.74, 6) is 0.871. The lowest BCUT2D eigenvalue weighted by atomic mass is 10.2. The standard InChI is InChI=1S/C10H17NO2/c1-2-3-7-4-9(7)11-6-8(12)5-10(11)13/h7-9,12H,2-6H2,1H3. The van der Waals surface area contributed by atoms with Crippen molar-refractivity contribution < 1.29 is 9.90 Å². The summed E-state index contributed by atoms with van der Waals surface area (Å²) in [5.41, 5.74) is 0. The van der Waals surface area contributed by atoms with Gasteiger partial charge in [0.25, 0.3) is 0 Å². The maximum absolute atomic E-state index is 11.4. The molecule has 0 radical (unpaired) electrons. The molecule has 1 saturated carbocycles. The first kappa shape index (κ1) is 9.00. The lowest BCUT2D eigenvalue weighted by molar-refractivity contribution is -0.128. The van der Waals surface area contributed by atoms with Crippen LogP contribution in [0.1, 0.15) is 32.6 Å². The van der Waals surface area contributed by atoms with E-state index in [9.17, 15) is 9.90 Å². The Morgan fingerprint density at radius 1 is 1.62 bits per heavy atom. The number of aliphatic hydroxyl groups is 1. The molecule has 0 spiro atoms. The number of hydrogen-bond donors (Lipinski definition) is 1. The smallest absolute Gasteiger partial charge is 0.225 e. The molecule has 3 heteroatoms. The molecule has 0 bridgehead atoms. The third-order valence-electron chi connectivity index (χ3n) is 3.08. The zero-order valence-corrected chi connectivity index (χ0v) is 8.07. The van der Waals surface area contributed by atoms with E-state index in [1.807, 2.05) is 4.90 Å². The van der Waals surface area contributed by atoms with Crippen molar-refractivity contribution in [3.8, 4) is 0 Å². The average molecular weight is 183 g/mol. The van der Waals surface area contributed by atoms with Crippen LogP contribution in [0.15, 0.2) is 0 Å². The highest BCUT2D eigenvalue weighted by Gasteiger charge is 2.45. The van der Waals surface area contributed by atoms with Crippen LogP contribution in [0.5, 0.6) is 0 Å². The van der Waals surface area contributed by atoms with Crippen molar-refractivity contribution in [2.75, 3.05) is 6.54 Å². The highest BCUT2D eigenvalue weighted by atomic mass is 16.3. The number of amides is 1. The Labute approximate surface area is 78.7 Å². The Morgan fingerprint density at radius 3 is 2.92 bits per heavy atom. The normalized spacial score (nSPS) is 38.5. The molecule has 3 nitrogen and oxygen atoms in total. The number of likely N-dealkylation sites (tertiary alicyclic amines) is 1. The fraction of sp³-hybridized carbons (Fsp3) is 0.900. The lowest BCUT2D eigenvalue weighted by Gasteiger charge is -2.15. The van der Waals surface area contributed by atoms with Crippen LogP contribution in [0, 0.1) is 5.92 Å². The van der Waals surface area contributed by atoms with Crippen molar-refractivity contribution in [1.82, 2.24) is 4.90 Å². The first-order chi connectivity index (χ1) is 6.22. The predicted octanol–water partition coefficient (Wildman–Crippen LogP) is 0.768. The van der Waals surface area contributed by atoms with Crippen molar-refractivity contribution in [2.45, 2.75) is 44.8 Å². The summed E-state index contributed by atoms with van der Waals surface area (Å²) in [7, 11) is 0. The largest absolute Gasteiger partial charge is 0.391 e. The van der Waals surface area contributed by atoms with Crippen molar-refractivity contribution in [3.63, 3.8) is 0 Å². The van der Waals surface area contributed by atoms with Crippen LogP contribution in [0.25, 0.3) is 0 Å². The second-order valence-electron chi connectivity index (χ2n) is 4.26. The number of carbonyl (C=O) groups is 1. The van der Waals surface area contributed by atoms with Crippen molar-refractivity contribution in [3.05, 3.63) is 0 Å². The molecule has 3 unspecified atom stereocenters. The average Bonchev–Trinajstić information content (AvgIpc) is 2.73. The molecule has 1 aliphatic heterocycles. The molecule has 2 rings (SSSR count). The fourth-order valence-corrected chi connectivity index (χ4v) is 2.33. The highest BCUT2D eigenvalue weighted by Crippen LogP contribution is 2.40. The first-order valence-electron chi connectivity index (χ1n) is 5.20. The number of carbonyl (C=O) groups excluding carboxylic acids is 1. The zero-order chi connectivity index (χ0) is 9.42. The molecular weight excluding hydrogens is 166 g/mol. The van der Waals surface area contributed by atoms with Gasteiger partial charge in [-0.2, -0.15) is 0 Å². The summed E-state index contributed by atoms with van der Waals surface area (Å²) in [6.07, 6.45) is 3.52. The van der Waals surface area contributed by atoms with Gasteiger partial charge >= 0.3 is 0 Å². The molecule has 3 atom stereocenters. The second kappa shape index (κ2) is 3.29. The molecule has 1 aliphatic carbocycles. The molecule has 1 saturated heterocycles. The van der Waals surface area contributed by atoms with E-state index in [0.717, 1.165) is 12.3 Å². The van der Waals surface area contributed by atoms with E-state index in [-0.39, 0.29) is 5.91 Å². The molecule has 2 aliphatic rings. The van der Waals surface area contributed by atoms with Gasteiger partial charge in [-0.05, 0) is 18.8 Å². The lowest BCUT2D eigenvalue weighted by Crippen LogP contribution is -2.29. The van der Waals surface area contributed by atoms with Crippen LogP contribution in [-0.4, -0.2) is 34.6 Å². The summed E-state index contributed by atoms with van der Waals surface area (Å²) in [6.45, 7) is 2.75. The van der Waals surface area contributed by atoms with Crippen molar-refractivity contribution >= 4 is 5.91 Å². The summed E-state index contributed by atoms with van der Waals surface area (Å²) in [4.78, 5) is 13.3. The molecule has 0 aromatic rings. The fourth-order valence-electron chi connectivity index (χ4n) is 2.33. The van der Waals surface area contributed by atoms with E-state index in [0.29, 0.717) is 19.0 Å². The van der Waals surface area contributed by atoms with E-state index in [1.165, 1.54) is 12.8 Å². The molecule has 2 fully saturated rings. The molecule has 0 aromatic heterocycles. The third kappa shape index (κ3) is 1.70. The van der Waals surface area contributed by atoms with Crippen LogP contribution in [0.4, 0.5) is 0 Å². The van der Waals surface area contributed by atoms with Gasteiger partial charge in [0.2, 0.25) is 5.91 Å². The topological polar surface area (TPSA) is 40.5 Å². The molecule has 0 aromatic carbocycles. The van der Waals surface area contributed by atoms with Crippen molar-refractivity contribution in [1.29, 1.82) is 0 Å². The highest BCUT2D eigenvalue weighted by molar-refractivity contribution is 5.79. The van der Waals surface area contributed by atoms with Gasteiger partial charge < -0.3 is 10.0 Å². The van der Waals surface area contributed by atoms with E-state index >= 15 is 0 Å². The molecule has 1 heterocycles. The number of aliphatic hydroxyl groups excluding tert-OH is 1. The second-order valence-corrected chi connectivity index (χ2v) is 4.26. The van der Waals surface area contributed by atoms with E-state index < -0.39 is 6.10 Å². The number of hydrogen-bond acceptors (Lipinski definition) is 2. The minimum atomic E-state index is -0.407. The van der Waals surface area contributed by atoms with E-state index in [4.69, 9.17) is 0 Å². The number of nitrogens with zero attached hydrogens (tertiary/aromatic N) is 1. The minimum absolute atomic E-state index is 0.149. The van der Waals surface area contributed by atoms with E-state index in [2.05, 4.69) is 6.92 Å². The zero-order valence-electron chi connectivity index (χ0n) is 8.07. The Bertz CT molecular complexity index is 217. The van der Waals surface area contributed by atoms with Crippen LogP contribution in [0.2, 0.25) is 0 Å². The summed E-state index contributed by atoms with van der Waals surface area (Å²) in [5, 5.41) is 9.30. The van der Waals surface area contributed by atoms with Gasteiger partial charge in [0.05, 0.1) is 12.5 Å². The van der Waals surface area contributed by atoms with Crippen LogP contribution >= 0.6 is 0 Å². The molecular formula is C10H17NO2. The maximum Gasteiger partial charge on any atom is 0.225 e. The minimum Gasteiger partial charge on any atom is -0.391 e.